The Bertz CT molecular complexity index is 1360. The van der Waals surface area contributed by atoms with Crippen molar-refractivity contribution in [1.82, 2.24) is 0 Å². The van der Waals surface area contributed by atoms with Crippen molar-refractivity contribution < 1.29 is 28.9 Å². The number of rotatable bonds is 6. The highest BCUT2D eigenvalue weighted by Crippen LogP contribution is 2.39. The van der Waals surface area contributed by atoms with E-state index >= 15 is 0 Å². The number of anilines is 2. The second kappa shape index (κ2) is 9.30. The molecule has 0 spiro atoms. The molecule has 0 radical (unpaired) electrons. The van der Waals surface area contributed by atoms with E-state index < -0.39 is 35.1 Å². The van der Waals surface area contributed by atoms with Gasteiger partial charge in [-0.2, -0.15) is 29.4 Å². The van der Waals surface area contributed by atoms with E-state index in [1.165, 1.54) is 36.0 Å². The van der Waals surface area contributed by atoms with Crippen molar-refractivity contribution in [1.29, 1.82) is 0 Å². The molecule has 34 heavy (non-hydrogen) atoms. The normalized spacial score (nSPS) is 16.1. The van der Waals surface area contributed by atoms with E-state index in [0.29, 0.717) is 21.4 Å². The van der Waals surface area contributed by atoms with Crippen molar-refractivity contribution in [2.75, 3.05) is 17.0 Å². The van der Waals surface area contributed by atoms with Crippen LogP contribution >= 0.6 is 11.8 Å². The number of nitrogens with two attached hydrogens (primary N) is 1. The molecule has 0 fully saturated rings. The summed E-state index contributed by atoms with van der Waals surface area (Å²) in [5.41, 5.74) is 6.28. The molecule has 3 aromatic rings. The van der Waals surface area contributed by atoms with Gasteiger partial charge in [-0.25, -0.2) is 4.79 Å². The summed E-state index contributed by atoms with van der Waals surface area (Å²) in [5.74, 6) is -2.20. The SMILES string of the molecule is CSc1cc2cc(N=NC3C(=O)N(c4ccc([S+](O)O)cc4)N=C3C(=O)O)ccc2c(O)c1N. The Morgan fingerprint density at radius 2 is 1.88 bits per heavy atom. The Morgan fingerprint density at radius 1 is 1.18 bits per heavy atom. The molecule has 174 valence electrons. The largest absolute Gasteiger partial charge is 0.505 e. The lowest BCUT2D eigenvalue weighted by atomic mass is 10.1. The molecule has 1 aliphatic heterocycles. The smallest absolute Gasteiger partial charge is 0.355 e. The van der Waals surface area contributed by atoms with E-state index in [4.69, 9.17) is 5.73 Å². The lowest BCUT2D eigenvalue weighted by Gasteiger charge is -2.12. The molecule has 11 nitrogen and oxygen atoms in total. The van der Waals surface area contributed by atoms with Gasteiger partial charge >= 0.3 is 17.4 Å². The molecule has 0 aromatic heterocycles. The van der Waals surface area contributed by atoms with Crippen LogP contribution in [0.2, 0.25) is 0 Å². The standard InChI is InChI=1S/C21H17N5O6S2/c1-33-15-9-10-8-11(2-7-14(10)19(27)16(15)22)23-24-17-18(21(29)30)25-26(20(17)28)12-3-5-13(6-4-12)34(31)32/h2-9,17,31-32H,1H3,(H3-,22,23,24,27,29,30)/p+1. The van der Waals surface area contributed by atoms with Crippen molar-refractivity contribution in [3.8, 4) is 5.75 Å². The quantitative estimate of drug-likeness (QED) is 0.112. The number of hydrazone groups is 1. The zero-order valence-electron chi connectivity index (χ0n) is 17.5. The number of nitrogens with zero attached hydrogens (tertiary/aromatic N) is 4. The second-order valence-electron chi connectivity index (χ2n) is 7.06. The van der Waals surface area contributed by atoms with E-state index in [-0.39, 0.29) is 22.0 Å². The molecule has 1 unspecified atom stereocenters. The molecule has 0 bridgehead atoms. The fourth-order valence-corrected chi connectivity index (χ4v) is 4.26. The third-order valence-electron chi connectivity index (χ3n) is 5.03. The number of phenols is 1. The van der Waals surface area contributed by atoms with Crippen LogP contribution in [-0.2, 0) is 21.0 Å². The van der Waals surface area contributed by atoms with Crippen molar-refractivity contribution in [3.05, 3.63) is 48.5 Å². The molecule has 6 N–H and O–H groups in total. The number of nitrogen functional groups attached to an aromatic ring is 1. The molecular weight excluding hydrogens is 482 g/mol. The van der Waals surface area contributed by atoms with E-state index in [1.54, 1.807) is 24.3 Å². The molecule has 13 heteroatoms. The summed E-state index contributed by atoms with van der Waals surface area (Å²) in [6, 6.07) is 10.7. The Hall–Kier alpha value is -3.65. The minimum Gasteiger partial charge on any atom is -0.505 e. The molecule has 4 rings (SSSR count). The van der Waals surface area contributed by atoms with Crippen molar-refractivity contribution >= 4 is 68.6 Å². The number of carboxylic acid groups (broad SMARTS) is 1. The van der Waals surface area contributed by atoms with Gasteiger partial charge in [0.2, 0.25) is 10.9 Å². The summed E-state index contributed by atoms with van der Waals surface area (Å²) < 4.78 is 18.5. The molecule has 0 saturated heterocycles. The topological polar surface area (TPSA) is 181 Å². The van der Waals surface area contributed by atoms with Gasteiger partial charge in [0.25, 0.3) is 5.91 Å². The number of hydrogen-bond acceptors (Lipinski definition) is 10. The Kier molecular flexibility index (Phi) is 6.43. The second-order valence-corrected chi connectivity index (χ2v) is 8.91. The van der Waals surface area contributed by atoms with Crippen LogP contribution in [0, 0.1) is 0 Å². The van der Waals surface area contributed by atoms with Gasteiger partial charge in [0.1, 0.15) is 5.75 Å². The van der Waals surface area contributed by atoms with Gasteiger partial charge in [-0.15, -0.1) is 11.8 Å². The fourth-order valence-electron chi connectivity index (χ4n) is 3.32. The first-order chi connectivity index (χ1) is 16.2. The van der Waals surface area contributed by atoms with E-state index in [9.17, 15) is 28.9 Å². The predicted octanol–water partition coefficient (Wildman–Crippen LogP) is 3.71. The summed E-state index contributed by atoms with van der Waals surface area (Å²) in [4.78, 5) is 25.5. The number of benzene rings is 3. The van der Waals surface area contributed by atoms with Crippen LogP contribution in [-0.4, -0.2) is 49.2 Å². The van der Waals surface area contributed by atoms with Gasteiger partial charge < -0.3 is 15.9 Å². The predicted molar refractivity (Wildman–Crippen MR) is 130 cm³/mol. The lowest BCUT2D eigenvalue weighted by molar-refractivity contribution is -0.130. The summed E-state index contributed by atoms with van der Waals surface area (Å²) in [6.07, 6.45) is 1.82. The molecule has 1 amide bonds. The third kappa shape index (κ3) is 4.28. The minimum absolute atomic E-state index is 0.0486. The molecule has 1 heterocycles. The van der Waals surface area contributed by atoms with E-state index in [1.807, 2.05) is 6.26 Å². The van der Waals surface area contributed by atoms with Crippen LogP contribution in [0.3, 0.4) is 0 Å². The van der Waals surface area contributed by atoms with Gasteiger partial charge in [-0.3, -0.25) is 4.79 Å². The summed E-state index contributed by atoms with van der Waals surface area (Å²) in [7, 11) is 0. The molecule has 1 aliphatic rings. The van der Waals surface area contributed by atoms with Gasteiger partial charge in [0, 0.05) is 22.4 Å². The van der Waals surface area contributed by atoms with E-state index in [0.717, 1.165) is 5.01 Å². The van der Waals surface area contributed by atoms with Gasteiger partial charge in [-0.1, -0.05) is 0 Å². The zero-order valence-corrected chi connectivity index (χ0v) is 19.1. The van der Waals surface area contributed by atoms with Crippen LogP contribution in [0.5, 0.6) is 5.75 Å². The average Bonchev–Trinajstić information content (AvgIpc) is 3.16. The number of aromatic hydroxyl groups is 1. The van der Waals surface area contributed by atoms with Gasteiger partial charge in [-0.05, 0) is 48.0 Å². The van der Waals surface area contributed by atoms with Crippen LogP contribution < -0.4 is 10.7 Å². The summed E-state index contributed by atoms with van der Waals surface area (Å²) in [6.45, 7) is 0. The van der Waals surface area contributed by atoms with Crippen molar-refractivity contribution in [2.24, 2.45) is 15.3 Å². The first-order valence-electron chi connectivity index (χ1n) is 9.59. The zero-order chi connectivity index (χ0) is 24.6. The van der Waals surface area contributed by atoms with Crippen LogP contribution in [0.1, 0.15) is 0 Å². The Labute approximate surface area is 200 Å². The summed E-state index contributed by atoms with van der Waals surface area (Å²) in [5, 5.41) is 33.7. The van der Waals surface area contributed by atoms with Crippen LogP contribution in [0.4, 0.5) is 17.1 Å². The lowest BCUT2D eigenvalue weighted by Crippen LogP contribution is -2.33. The van der Waals surface area contributed by atoms with Crippen molar-refractivity contribution in [2.45, 2.75) is 15.8 Å². The van der Waals surface area contributed by atoms with Crippen LogP contribution in [0.15, 0.2) is 73.7 Å². The van der Waals surface area contributed by atoms with Crippen molar-refractivity contribution in [3.63, 3.8) is 0 Å². The monoisotopic (exact) mass is 500 g/mol. The number of carbonyl (C=O) groups excluding carboxylic acids is 1. The van der Waals surface area contributed by atoms with Crippen LogP contribution in [0.25, 0.3) is 10.8 Å². The number of carboxylic acids is 1. The number of azo groups is 1. The first-order valence-corrected chi connectivity index (χ1v) is 12.0. The van der Waals surface area contributed by atoms with E-state index in [2.05, 4.69) is 15.3 Å². The Morgan fingerprint density at radius 3 is 2.50 bits per heavy atom. The number of phenolic OH excluding ortho intramolecular Hbond substituents is 1. The molecular formula is C21H18N5O6S2+. The Balaban J connectivity index is 1.64. The maximum absolute atomic E-state index is 12.9. The fraction of sp³-hybridized carbons (Fsp3) is 0.0952. The first kappa shape index (κ1) is 23.5. The molecule has 3 aromatic carbocycles. The minimum atomic E-state index is -1.95. The number of thioether (sulfide) groups is 1. The molecule has 0 saturated carbocycles. The number of hydrogen-bond donors (Lipinski definition) is 5. The average molecular weight is 501 g/mol. The number of aliphatic carboxylic acids is 1. The maximum atomic E-state index is 12.9. The van der Waals surface area contributed by atoms with Gasteiger partial charge in [0.05, 0.1) is 17.1 Å². The highest BCUT2D eigenvalue weighted by molar-refractivity contribution is 7.98. The van der Waals surface area contributed by atoms with Gasteiger partial charge in [0.15, 0.2) is 5.71 Å². The highest BCUT2D eigenvalue weighted by Gasteiger charge is 2.41. The highest BCUT2D eigenvalue weighted by atomic mass is 32.2. The third-order valence-corrected chi connectivity index (χ3v) is 6.50. The molecule has 1 atom stereocenters. The maximum Gasteiger partial charge on any atom is 0.355 e. The summed E-state index contributed by atoms with van der Waals surface area (Å²) >= 11 is -0.579. The number of carbonyl (C=O) groups is 2. The number of fused-ring (bicyclic) bond motifs is 1. The molecule has 0 aliphatic carbocycles. The number of amides is 1.